The van der Waals surface area contributed by atoms with Crippen molar-refractivity contribution in [3.63, 3.8) is 0 Å². The third kappa shape index (κ3) is 4.84. The van der Waals surface area contributed by atoms with Gasteiger partial charge in [0, 0.05) is 38.1 Å². The summed E-state index contributed by atoms with van der Waals surface area (Å²) in [6, 6.07) is 7.74. The quantitative estimate of drug-likeness (QED) is 0.621. The number of piperazine rings is 1. The first-order valence-electron chi connectivity index (χ1n) is 8.47. The van der Waals surface area contributed by atoms with Crippen molar-refractivity contribution in [1.82, 2.24) is 9.21 Å². The highest BCUT2D eigenvalue weighted by Crippen LogP contribution is 2.21. The first kappa shape index (κ1) is 19.9. The molecule has 0 saturated carbocycles. The third-order valence-corrected chi connectivity index (χ3v) is 5.70. The molecule has 1 aliphatic heterocycles. The molecule has 0 spiro atoms. The Morgan fingerprint density at radius 2 is 1.96 bits per heavy atom. The lowest BCUT2D eigenvalue weighted by Crippen LogP contribution is -2.46. The van der Waals surface area contributed by atoms with E-state index in [1.807, 2.05) is 38.1 Å². The molecule has 0 aliphatic carbocycles. The minimum atomic E-state index is -3.21. The molecule has 0 atom stereocenters. The van der Waals surface area contributed by atoms with Gasteiger partial charge in [0.15, 0.2) is 0 Å². The SMILES string of the molecule is CCc1cccc(C)c1NC(=O)/C(C#N)=C\N1CCN(S(C)(=O)=O)CC1. The van der Waals surface area contributed by atoms with Crippen molar-refractivity contribution in [1.29, 1.82) is 5.26 Å². The maximum Gasteiger partial charge on any atom is 0.267 e. The van der Waals surface area contributed by atoms with Gasteiger partial charge in [-0.15, -0.1) is 0 Å². The Labute approximate surface area is 154 Å². The Hall–Kier alpha value is -2.37. The maximum absolute atomic E-state index is 12.5. The van der Waals surface area contributed by atoms with E-state index in [2.05, 4.69) is 5.32 Å². The number of anilines is 1. The van der Waals surface area contributed by atoms with Crippen molar-refractivity contribution in [2.75, 3.05) is 37.8 Å². The van der Waals surface area contributed by atoms with E-state index >= 15 is 0 Å². The molecule has 26 heavy (non-hydrogen) atoms. The van der Waals surface area contributed by atoms with E-state index in [0.717, 1.165) is 23.2 Å². The Morgan fingerprint density at radius 1 is 1.31 bits per heavy atom. The Balaban J connectivity index is 2.11. The number of amides is 1. The number of benzene rings is 1. The van der Waals surface area contributed by atoms with Crippen molar-refractivity contribution in [2.24, 2.45) is 0 Å². The van der Waals surface area contributed by atoms with Crippen molar-refractivity contribution in [3.05, 3.63) is 41.1 Å². The fraction of sp³-hybridized carbons (Fsp3) is 0.444. The summed E-state index contributed by atoms with van der Waals surface area (Å²) in [5.41, 5.74) is 2.69. The molecule has 1 amide bonds. The van der Waals surface area contributed by atoms with Crippen LogP contribution in [0.3, 0.4) is 0 Å². The second-order valence-corrected chi connectivity index (χ2v) is 8.25. The van der Waals surface area contributed by atoms with E-state index in [1.54, 1.807) is 4.90 Å². The van der Waals surface area contributed by atoms with Crippen LogP contribution in [0.2, 0.25) is 0 Å². The molecule has 7 nitrogen and oxygen atoms in total. The summed E-state index contributed by atoms with van der Waals surface area (Å²) in [6.45, 7) is 5.48. The fourth-order valence-corrected chi connectivity index (χ4v) is 3.69. The van der Waals surface area contributed by atoms with E-state index in [9.17, 15) is 18.5 Å². The van der Waals surface area contributed by atoms with Gasteiger partial charge in [-0.25, -0.2) is 8.42 Å². The summed E-state index contributed by atoms with van der Waals surface area (Å²) in [5, 5.41) is 12.2. The van der Waals surface area contributed by atoms with Crippen LogP contribution in [0.25, 0.3) is 0 Å². The molecule has 140 valence electrons. The topological polar surface area (TPSA) is 93.5 Å². The van der Waals surface area contributed by atoms with E-state index in [1.165, 1.54) is 16.8 Å². The minimum absolute atomic E-state index is 0.00288. The van der Waals surface area contributed by atoms with Gasteiger partial charge >= 0.3 is 0 Å². The van der Waals surface area contributed by atoms with Crippen LogP contribution in [0.5, 0.6) is 0 Å². The number of carbonyl (C=O) groups excluding carboxylic acids is 1. The predicted molar refractivity (Wildman–Crippen MR) is 101 cm³/mol. The van der Waals surface area contributed by atoms with Gasteiger partial charge < -0.3 is 10.2 Å². The highest BCUT2D eigenvalue weighted by molar-refractivity contribution is 7.88. The van der Waals surface area contributed by atoms with Gasteiger partial charge in [-0.05, 0) is 24.5 Å². The van der Waals surface area contributed by atoms with Gasteiger partial charge in [-0.2, -0.15) is 9.57 Å². The highest BCUT2D eigenvalue weighted by Gasteiger charge is 2.23. The summed E-state index contributed by atoms with van der Waals surface area (Å²) in [7, 11) is -3.21. The molecule has 0 radical (unpaired) electrons. The van der Waals surface area contributed by atoms with Gasteiger partial charge in [-0.1, -0.05) is 25.1 Å². The number of aryl methyl sites for hydroxylation is 2. The zero-order valence-electron chi connectivity index (χ0n) is 15.3. The van der Waals surface area contributed by atoms with E-state index in [4.69, 9.17) is 0 Å². The molecule has 2 rings (SSSR count). The first-order valence-corrected chi connectivity index (χ1v) is 10.3. The molecule has 1 fully saturated rings. The summed E-state index contributed by atoms with van der Waals surface area (Å²) in [6.07, 6.45) is 3.47. The smallest absolute Gasteiger partial charge is 0.267 e. The van der Waals surface area contributed by atoms with Crippen LogP contribution < -0.4 is 5.32 Å². The van der Waals surface area contributed by atoms with Crippen LogP contribution in [0.15, 0.2) is 30.0 Å². The fourth-order valence-electron chi connectivity index (χ4n) is 2.87. The van der Waals surface area contributed by atoms with Gasteiger partial charge in [0.2, 0.25) is 10.0 Å². The monoisotopic (exact) mass is 376 g/mol. The predicted octanol–water partition coefficient (Wildman–Crippen LogP) is 1.48. The Bertz CT molecular complexity index is 848. The number of rotatable bonds is 5. The molecule has 0 bridgehead atoms. The zero-order valence-corrected chi connectivity index (χ0v) is 16.1. The standard InChI is InChI=1S/C18H24N4O3S/c1-4-15-7-5-6-14(2)17(15)20-18(23)16(12-19)13-21-8-10-22(11-9-21)26(3,24)25/h5-7,13H,4,8-11H2,1-3H3,(H,20,23)/b16-13-. The summed E-state index contributed by atoms with van der Waals surface area (Å²) >= 11 is 0. The number of carbonyl (C=O) groups is 1. The van der Waals surface area contributed by atoms with E-state index < -0.39 is 15.9 Å². The number of nitrogens with one attached hydrogen (secondary N) is 1. The van der Waals surface area contributed by atoms with Crippen LogP contribution in [0, 0.1) is 18.3 Å². The number of hydrogen-bond acceptors (Lipinski definition) is 5. The van der Waals surface area contributed by atoms with Crippen LogP contribution in [0.4, 0.5) is 5.69 Å². The molecular formula is C18H24N4O3S. The number of hydrogen-bond donors (Lipinski definition) is 1. The number of nitriles is 1. The normalized spacial score (nSPS) is 16.2. The van der Waals surface area contributed by atoms with Crippen molar-refractivity contribution < 1.29 is 13.2 Å². The summed E-state index contributed by atoms with van der Waals surface area (Å²) in [5.74, 6) is -0.456. The number of para-hydroxylation sites is 1. The molecule has 1 heterocycles. The van der Waals surface area contributed by atoms with Crippen LogP contribution in [-0.2, 0) is 21.2 Å². The van der Waals surface area contributed by atoms with Crippen LogP contribution in [-0.4, -0.2) is 56.0 Å². The van der Waals surface area contributed by atoms with Gasteiger partial charge in [0.25, 0.3) is 5.91 Å². The molecule has 0 unspecified atom stereocenters. The molecule has 1 saturated heterocycles. The third-order valence-electron chi connectivity index (χ3n) is 4.40. The molecule has 1 aromatic carbocycles. The summed E-state index contributed by atoms with van der Waals surface area (Å²) in [4.78, 5) is 14.3. The largest absolute Gasteiger partial charge is 0.373 e. The average molecular weight is 376 g/mol. The molecule has 1 aromatic rings. The number of nitrogens with zero attached hydrogens (tertiary/aromatic N) is 3. The van der Waals surface area contributed by atoms with E-state index in [-0.39, 0.29) is 5.57 Å². The molecule has 8 heteroatoms. The summed E-state index contributed by atoms with van der Waals surface area (Å²) < 4.78 is 24.5. The molecule has 1 aliphatic rings. The second kappa shape index (κ2) is 8.34. The van der Waals surface area contributed by atoms with Gasteiger partial charge in [-0.3, -0.25) is 4.79 Å². The maximum atomic E-state index is 12.5. The lowest BCUT2D eigenvalue weighted by Gasteiger charge is -2.32. The van der Waals surface area contributed by atoms with Crippen LogP contribution >= 0.6 is 0 Å². The number of sulfonamides is 1. The molecule has 0 aromatic heterocycles. The lowest BCUT2D eigenvalue weighted by molar-refractivity contribution is -0.112. The highest BCUT2D eigenvalue weighted by atomic mass is 32.2. The zero-order chi connectivity index (χ0) is 19.3. The average Bonchev–Trinajstić information content (AvgIpc) is 2.60. The first-order chi connectivity index (χ1) is 12.3. The van der Waals surface area contributed by atoms with Crippen LogP contribution in [0.1, 0.15) is 18.1 Å². The second-order valence-electron chi connectivity index (χ2n) is 6.27. The van der Waals surface area contributed by atoms with E-state index in [0.29, 0.717) is 26.2 Å². The Kier molecular flexibility index (Phi) is 6.40. The van der Waals surface area contributed by atoms with Crippen molar-refractivity contribution >= 4 is 21.6 Å². The Morgan fingerprint density at radius 3 is 2.50 bits per heavy atom. The van der Waals surface area contributed by atoms with Gasteiger partial charge in [0.1, 0.15) is 11.6 Å². The molecule has 1 N–H and O–H groups in total. The lowest BCUT2D eigenvalue weighted by atomic mass is 10.1. The van der Waals surface area contributed by atoms with Crippen molar-refractivity contribution in [2.45, 2.75) is 20.3 Å². The van der Waals surface area contributed by atoms with Gasteiger partial charge in [0.05, 0.1) is 6.26 Å². The molecular weight excluding hydrogens is 352 g/mol. The van der Waals surface area contributed by atoms with Crippen molar-refractivity contribution in [3.8, 4) is 6.07 Å². The minimum Gasteiger partial charge on any atom is -0.373 e.